The molecule has 0 spiro atoms. The van der Waals surface area contributed by atoms with Crippen LogP contribution in [-0.2, 0) is 6.54 Å². The molecule has 2 aromatic rings. The van der Waals surface area contributed by atoms with E-state index < -0.39 is 11.6 Å². The van der Waals surface area contributed by atoms with Gasteiger partial charge < -0.3 is 5.11 Å². The van der Waals surface area contributed by atoms with Crippen LogP contribution in [0.1, 0.15) is 13.8 Å². The van der Waals surface area contributed by atoms with Crippen LogP contribution in [0, 0.1) is 11.7 Å². The zero-order chi connectivity index (χ0) is 14.0. The van der Waals surface area contributed by atoms with Crippen molar-refractivity contribution >= 4 is 0 Å². The summed E-state index contributed by atoms with van der Waals surface area (Å²) in [5, 5.41) is 13.4. The van der Waals surface area contributed by atoms with E-state index in [4.69, 9.17) is 5.11 Å². The Morgan fingerprint density at radius 3 is 2.68 bits per heavy atom. The summed E-state index contributed by atoms with van der Waals surface area (Å²) in [6, 6.07) is 6.98. The van der Waals surface area contributed by atoms with Gasteiger partial charge in [0.15, 0.2) is 11.6 Å². The quantitative estimate of drug-likeness (QED) is 0.924. The van der Waals surface area contributed by atoms with Crippen molar-refractivity contribution in [3.05, 3.63) is 46.5 Å². The van der Waals surface area contributed by atoms with E-state index in [-0.39, 0.29) is 11.5 Å². The topological polar surface area (TPSA) is 55.1 Å². The molecule has 5 heteroatoms. The molecule has 0 radical (unpaired) electrons. The van der Waals surface area contributed by atoms with E-state index in [2.05, 4.69) is 5.10 Å². The molecule has 1 aromatic heterocycles. The van der Waals surface area contributed by atoms with Crippen LogP contribution in [0.4, 0.5) is 4.39 Å². The first-order valence-electron chi connectivity index (χ1n) is 6.04. The summed E-state index contributed by atoms with van der Waals surface area (Å²) in [7, 11) is 0. The van der Waals surface area contributed by atoms with Crippen LogP contribution in [0.15, 0.2) is 35.1 Å². The summed E-state index contributed by atoms with van der Waals surface area (Å²) in [6.07, 6.45) is 0. The van der Waals surface area contributed by atoms with E-state index in [1.165, 1.54) is 22.9 Å². The number of phenols is 1. The van der Waals surface area contributed by atoms with Gasteiger partial charge in [-0.2, -0.15) is 5.10 Å². The number of nitrogens with zero attached hydrogens (tertiary/aromatic N) is 2. The molecular weight excluding hydrogens is 247 g/mol. The molecule has 1 aromatic carbocycles. The molecular formula is C14H15FN2O2. The van der Waals surface area contributed by atoms with Crippen molar-refractivity contribution in [2.24, 2.45) is 5.92 Å². The molecule has 0 bridgehead atoms. The Hall–Kier alpha value is -2.17. The second-order valence-corrected chi connectivity index (χ2v) is 4.80. The third-order valence-electron chi connectivity index (χ3n) is 2.65. The first kappa shape index (κ1) is 13.3. The number of aromatic nitrogens is 2. The van der Waals surface area contributed by atoms with Gasteiger partial charge in [0.2, 0.25) is 0 Å². The maximum Gasteiger partial charge on any atom is 0.266 e. The predicted molar refractivity (Wildman–Crippen MR) is 70.4 cm³/mol. The number of aromatic hydroxyl groups is 1. The molecule has 0 fully saturated rings. The number of rotatable bonds is 3. The van der Waals surface area contributed by atoms with Crippen molar-refractivity contribution < 1.29 is 9.50 Å². The Morgan fingerprint density at radius 1 is 1.32 bits per heavy atom. The van der Waals surface area contributed by atoms with E-state index in [9.17, 15) is 9.18 Å². The van der Waals surface area contributed by atoms with Gasteiger partial charge in [0.05, 0.1) is 5.69 Å². The highest BCUT2D eigenvalue weighted by Crippen LogP contribution is 2.22. The van der Waals surface area contributed by atoms with Gasteiger partial charge >= 0.3 is 0 Å². The van der Waals surface area contributed by atoms with Crippen LogP contribution in [0.3, 0.4) is 0 Å². The first-order valence-corrected chi connectivity index (χ1v) is 6.04. The van der Waals surface area contributed by atoms with Crippen LogP contribution >= 0.6 is 0 Å². The maximum atomic E-state index is 13.3. The number of halogens is 1. The zero-order valence-electron chi connectivity index (χ0n) is 10.8. The monoisotopic (exact) mass is 262 g/mol. The molecule has 0 aliphatic carbocycles. The molecule has 1 heterocycles. The lowest BCUT2D eigenvalue weighted by Gasteiger charge is -2.09. The summed E-state index contributed by atoms with van der Waals surface area (Å²) in [4.78, 5) is 11.6. The molecule has 0 atom stereocenters. The van der Waals surface area contributed by atoms with Crippen LogP contribution in [0.25, 0.3) is 11.3 Å². The van der Waals surface area contributed by atoms with Crippen LogP contribution in [0.2, 0.25) is 0 Å². The minimum atomic E-state index is -0.707. The molecule has 19 heavy (non-hydrogen) atoms. The van der Waals surface area contributed by atoms with Crippen LogP contribution in [-0.4, -0.2) is 14.9 Å². The van der Waals surface area contributed by atoms with Crippen molar-refractivity contribution in [3.63, 3.8) is 0 Å². The van der Waals surface area contributed by atoms with Crippen molar-refractivity contribution in [2.75, 3.05) is 0 Å². The number of phenolic OH excluding ortho intramolecular Hbond substituents is 1. The summed E-state index contributed by atoms with van der Waals surface area (Å²) < 4.78 is 14.7. The van der Waals surface area contributed by atoms with E-state index in [1.807, 2.05) is 13.8 Å². The first-order chi connectivity index (χ1) is 8.97. The Bertz CT molecular complexity index is 650. The van der Waals surface area contributed by atoms with Gasteiger partial charge in [-0.25, -0.2) is 9.07 Å². The van der Waals surface area contributed by atoms with Gasteiger partial charge in [0, 0.05) is 18.2 Å². The predicted octanol–water partition coefficient (Wildman–Crippen LogP) is 2.41. The summed E-state index contributed by atoms with van der Waals surface area (Å²) in [5.74, 6) is -0.822. The van der Waals surface area contributed by atoms with Gasteiger partial charge in [-0.3, -0.25) is 4.79 Å². The lowest BCUT2D eigenvalue weighted by atomic mass is 10.1. The molecule has 4 nitrogen and oxygen atoms in total. The summed E-state index contributed by atoms with van der Waals surface area (Å²) >= 11 is 0. The van der Waals surface area contributed by atoms with Gasteiger partial charge in [-0.15, -0.1) is 0 Å². The minimum absolute atomic E-state index is 0.184. The molecule has 0 unspecified atom stereocenters. The highest BCUT2D eigenvalue weighted by Gasteiger charge is 2.07. The smallest absolute Gasteiger partial charge is 0.266 e. The van der Waals surface area contributed by atoms with Crippen LogP contribution in [0.5, 0.6) is 5.75 Å². The molecule has 100 valence electrons. The highest BCUT2D eigenvalue weighted by molar-refractivity contribution is 5.59. The third kappa shape index (κ3) is 2.99. The second kappa shape index (κ2) is 5.22. The van der Waals surface area contributed by atoms with E-state index in [0.717, 1.165) is 0 Å². The normalized spacial score (nSPS) is 10.9. The van der Waals surface area contributed by atoms with Gasteiger partial charge in [0.25, 0.3) is 5.56 Å². The SMILES string of the molecule is CC(C)Cn1nc(-c2ccc(O)c(F)c2)ccc1=O. The zero-order valence-corrected chi connectivity index (χ0v) is 10.8. The fraction of sp³-hybridized carbons (Fsp3) is 0.286. The minimum Gasteiger partial charge on any atom is -0.505 e. The van der Waals surface area contributed by atoms with Crippen molar-refractivity contribution in [1.82, 2.24) is 9.78 Å². The van der Waals surface area contributed by atoms with E-state index in [1.54, 1.807) is 12.1 Å². The van der Waals surface area contributed by atoms with Crippen molar-refractivity contribution in [2.45, 2.75) is 20.4 Å². The van der Waals surface area contributed by atoms with Crippen LogP contribution < -0.4 is 5.56 Å². The standard InChI is InChI=1S/C14H15FN2O2/c1-9(2)8-17-14(19)6-4-12(16-17)10-3-5-13(18)11(15)7-10/h3-7,9,18H,8H2,1-2H3. The Kier molecular flexibility index (Phi) is 3.64. The highest BCUT2D eigenvalue weighted by atomic mass is 19.1. The van der Waals surface area contributed by atoms with Gasteiger partial charge in [-0.1, -0.05) is 13.8 Å². The fourth-order valence-electron chi connectivity index (χ4n) is 1.75. The summed E-state index contributed by atoms with van der Waals surface area (Å²) in [6.45, 7) is 4.48. The lowest BCUT2D eigenvalue weighted by Crippen LogP contribution is -2.24. The molecule has 0 saturated carbocycles. The maximum absolute atomic E-state index is 13.3. The molecule has 0 saturated heterocycles. The number of hydrogen-bond acceptors (Lipinski definition) is 3. The fourth-order valence-corrected chi connectivity index (χ4v) is 1.75. The average molecular weight is 262 g/mol. The Morgan fingerprint density at radius 2 is 2.05 bits per heavy atom. The third-order valence-corrected chi connectivity index (χ3v) is 2.65. The molecule has 2 rings (SSSR count). The van der Waals surface area contributed by atoms with E-state index in [0.29, 0.717) is 17.8 Å². The lowest BCUT2D eigenvalue weighted by molar-refractivity contribution is 0.432. The number of benzene rings is 1. The molecule has 0 aliphatic rings. The van der Waals surface area contributed by atoms with Gasteiger partial charge in [0.1, 0.15) is 0 Å². The largest absolute Gasteiger partial charge is 0.505 e. The van der Waals surface area contributed by atoms with Gasteiger partial charge in [-0.05, 0) is 30.2 Å². The molecule has 0 aliphatic heterocycles. The molecule has 0 amide bonds. The second-order valence-electron chi connectivity index (χ2n) is 4.80. The van der Waals surface area contributed by atoms with Crippen molar-refractivity contribution in [3.8, 4) is 17.0 Å². The van der Waals surface area contributed by atoms with Crippen molar-refractivity contribution in [1.29, 1.82) is 0 Å². The Balaban J connectivity index is 2.45. The number of hydrogen-bond donors (Lipinski definition) is 1. The summed E-state index contributed by atoms with van der Waals surface area (Å²) in [5.41, 5.74) is 0.837. The average Bonchev–Trinajstić information content (AvgIpc) is 2.35. The molecule has 1 N–H and O–H groups in total. The van der Waals surface area contributed by atoms with E-state index >= 15 is 0 Å². The Labute approximate surface area is 110 Å².